The summed E-state index contributed by atoms with van der Waals surface area (Å²) in [5.74, 6) is -1.36. The summed E-state index contributed by atoms with van der Waals surface area (Å²) in [5.41, 5.74) is 1.22. The molecule has 0 fully saturated rings. The number of carbonyl (C=O) groups is 2. The Hall–Kier alpha value is -2.33. The summed E-state index contributed by atoms with van der Waals surface area (Å²) in [5, 5.41) is 18.9. The van der Waals surface area contributed by atoms with Crippen LogP contribution in [0, 0.1) is 0 Å². The molecule has 4 nitrogen and oxygen atoms in total. The number of carboxylic acid groups (broad SMARTS) is 1. The van der Waals surface area contributed by atoms with Crippen LogP contribution in [-0.2, 0) is 0 Å². The first-order valence-corrected chi connectivity index (χ1v) is 6.15. The van der Waals surface area contributed by atoms with E-state index in [1.54, 1.807) is 24.3 Å². The second-order valence-electron chi connectivity index (χ2n) is 4.26. The Morgan fingerprint density at radius 1 is 1.05 bits per heavy atom. The molecule has 2 aromatic carbocycles. The van der Waals surface area contributed by atoms with Crippen molar-refractivity contribution < 1.29 is 19.8 Å². The van der Waals surface area contributed by atoms with E-state index in [-0.39, 0.29) is 27.7 Å². The molecule has 0 atom stereocenters. The molecule has 0 amide bonds. The van der Waals surface area contributed by atoms with Gasteiger partial charge in [0.2, 0.25) is 0 Å². The van der Waals surface area contributed by atoms with Crippen LogP contribution in [0.25, 0.3) is 11.1 Å². The number of hydrogen-bond donors (Lipinski definition) is 2. The van der Waals surface area contributed by atoms with Crippen LogP contribution in [0.2, 0.25) is 5.02 Å². The first kappa shape index (κ1) is 14.1. The zero-order chi connectivity index (χ0) is 14.9. The molecule has 0 unspecified atom stereocenters. The van der Waals surface area contributed by atoms with Gasteiger partial charge < -0.3 is 10.2 Å². The zero-order valence-electron chi connectivity index (χ0n) is 10.6. The minimum Gasteiger partial charge on any atom is -0.507 e. The summed E-state index contributed by atoms with van der Waals surface area (Å²) in [6, 6.07) is 8.95. The monoisotopic (exact) mass is 290 g/mol. The average Bonchev–Trinajstić information content (AvgIpc) is 2.38. The number of benzene rings is 2. The smallest absolute Gasteiger partial charge is 0.337 e. The third kappa shape index (κ3) is 2.51. The quantitative estimate of drug-likeness (QED) is 0.847. The standard InChI is InChI=1S/C15H11ClO4/c1-8(17)9-2-4-10(5-3-9)13-12(18)7-6-11(14(13)16)15(19)20/h2-7,18H,1H3,(H,19,20). The third-order valence-corrected chi connectivity index (χ3v) is 3.32. The first-order chi connectivity index (χ1) is 9.41. The van der Waals surface area contributed by atoms with E-state index in [1.165, 1.54) is 19.1 Å². The van der Waals surface area contributed by atoms with Crippen molar-refractivity contribution in [2.45, 2.75) is 6.92 Å². The Labute approximate surface area is 120 Å². The van der Waals surface area contributed by atoms with Crippen molar-refractivity contribution >= 4 is 23.4 Å². The van der Waals surface area contributed by atoms with Crippen molar-refractivity contribution in [2.24, 2.45) is 0 Å². The number of carbonyl (C=O) groups excluding carboxylic acids is 1. The molecule has 0 spiro atoms. The van der Waals surface area contributed by atoms with E-state index in [1.807, 2.05) is 0 Å². The van der Waals surface area contributed by atoms with Gasteiger partial charge in [0.25, 0.3) is 0 Å². The van der Waals surface area contributed by atoms with Gasteiger partial charge in [-0.2, -0.15) is 0 Å². The number of hydrogen-bond acceptors (Lipinski definition) is 3. The van der Waals surface area contributed by atoms with Crippen LogP contribution < -0.4 is 0 Å². The minimum atomic E-state index is -1.17. The molecule has 0 aromatic heterocycles. The van der Waals surface area contributed by atoms with E-state index in [9.17, 15) is 14.7 Å². The lowest BCUT2D eigenvalue weighted by Gasteiger charge is -2.10. The van der Waals surface area contributed by atoms with Crippen molar-refractivity contribution in [2.75, 3.05) is 0 Å². The Kier molecular flexibility index (Phi) is 3.77. The summed E-state index contributed by atoms with van der Waals surface area (Å²) in [6.45, 7) is 1.45. The number of ketones is 1. The number of rotatable bonds is 3. The number of phenolic OH excluding ortho intramolecular Hbond substituents is 1. The van der Waals surface area contributed by atoms with Gasteiger partial charge in [-0.05, 0) is 24.6 Å². The maximum atomic E-state index is 11.2. The van der Waals surface area contributed by atoms with Crippen LogP contribution in [-0.4, -0.2) is 22.0 Å². The summed E-state index contributed by atoms with van der Waals surface area (Å²) < 4.78 is 0. The molecule has 2 rings (SSSR count). The van der Waals surface area contributed by atoms with Crippen molar-refractivity contribution in [1.29, 1.82) is 0 Å². The van der Waals surface area contributed by atoms with Crippen LogP contribution >= 0.6 is 11.6 Å². The number of carboxylic acids is 1. The lowest BCUT2D eigenvalue weighted by molar-refractivity contribution is 0.0697. The Bertz CT molecular complexity index is 690. The molecule has 102 valence electrons. The van der Waals surface area contributed by atoms with E-state index in [0.29, 0.717) is 11.1 Å². The highest BCUT2D eigenvalue weighted by molar-refractivity contribution is 6.36. The molecule has 0 bridgehead atoms. The maximum Gasteiger partial charge on any atom is 0.337 e. The van der Waals surface area contributed by atoms with Crippen LogP contribution in [0.3, 0.4) is 0 Å². The molecule has 0 aliphatic carbocycles. The van der Waals surface area contributed by atoms with Crippen LogP contribution in [0.1, 0.15) is 27.6 Å². The fourth-order valence-electron chi connectivity index (χ4n) is 1.88. The topological polar surface area (TPSA) is 74.6 Å². The molecule has 0 radical (unpaired) electrons. The van der Waals surface area contributed by atoms with Gasteiger partial charge in [0.05, 0.1) is 10.6 Å². The lowest BCUT2D eigenvalue weighted by Crippen LogP contribution is -1.99. The van der Waals surface area contributed by atoms with Gasteiger partial charge in [-0.1, -0.05) is 35.9 Å². The molecule has 0 aliphatic heterocycles. The van der Waals surface area contributed by atoms with Gasteiger partial charge >= 0.3 is 5.97 Å². The van der Waals surface area contributed by atoms with Crippen LogP contribution in [0.15, 0.2) is 36.4 Å². The Balaban J connectivity index is 2.60. The summed E-state index contributed by atoms with van der Waals surface area (Å²) >= 11 is 6.04. The van der Waals surface area contributed by atoms with Gasteiger partial charge in [-0.15, -0.1) is 0 Å². The highest BCUT2D eigenvalue weighted by Gasteiger charge is 2.17. The predicted octanol–water partition coefficient (Wildman–Crippen LogP) is 3.61. The largest absolute Gasteiger partial charge is 0.507 e. The van der Waals surface area contributed by atoms with Crippen molar-refractivity contribution in [1.82, 2.24) is 0 Å². The molecule has 5 heteroatoms. The fourth-order valence-corrected chi connectivity index (χ4v) is 2.23. The highest BCUT2D eigenvalue weighted by atomic mass is 35.5. The van der Waals surface area contributed by atoms with Gasteiger partial charge in [-0.3, -0.25) is 4.79 Å². The van der Waals surface area contributed by atoms with Gasteiger partial charge in [0.15, 0.2) is 5.78 Å². The van der Waals surface area contributed by atoms with E-state index in [0.717, 1.165) is 0 Å². The molecule has 2 aromatic rings. The maximum absolute atomic E-state index is 11.2. The number of aromatic carboxylic acids is 1. The van der Waals surface area contributed by atoms with Gasteiger partial charge in [-0.25, -0.2) is 4.79 Å². The lowest BCUT2D eigenvalue weighted by atomic mass is 9.99. The molecule has 0 heterocycles. The van der Waals surface area contributed by atoms with E-state index in [2.05, 4.69) is 0 Å². The highest BCUT2D eigenvalue weighted by Crippen LogP contribution is 2.38. The van der Waals surface area contributed by atoms with Gasteiger partial charge in [0.1, 0.15) is 5.75 Å². The summed E-state index contributed by atoms with van der Waals surface area (Å²) in [7, 11) is 0. The SMILES string of the molecule is CC(=O)c1ccc(-c2c(O)ccc(C(=O)O)c2Cl)cc1. The second-order valence-corrected chi connectivity index (χ2v) is 4.64. The van der Waals surface area contributed by atoms with Crippen molar-refractivity contribution in [3.05, 3.63) is 52.5 Å². The van der Waals surface area contributed by atoms with Crippen molar-refractivity contribution in [3.8, 4) is 16.9 Å². The first-order valence-electron chi connectivity index (χ1n) is 5.78. The van der Waals surface area contributed by atoms with Crippen molar-refractivity contribution in [3.63, 3.8) is 0 Å². The molecule has 2 N–H and O–H groups in total. The number of Topliss-reactive ketones (excluding diaryl/α,β-unsaturated/α-hetero) is 1. The zero-order valence-corrected chi connectivity index (χ0v) is 11.3. The van der Waals surface area contributed by atoms with E-state index < -0.39 is 5.97 Å². The average molecular weight is 291 g/mol. The minimum absolute atomic E-state index is 0.0342. The van der Waals surface area contributed by atoms with Crippen LogP contribution in [0.4, 0.5) is 0 Å². The molecule has 0 saturated heterocycles. The predicted molar refractivity (Wildman–Crippen MR) is 75.5 cm³/mol. The summed E-state index contributed by atoms with van der Waals surface area (Å²) in [6.07, 6.45) is 0. The van der Waals surface area contributed by atoms with E-state index in [4.69, 9.17) is 16.7 Å². The molecule has 20 heavy (non-hydrogen) atoms. The molecule has 0 aliphatic rings. The third-order valence-electron chi connectivity index (χ3n) is 2.93. The molecular formula is C15H11ClO4. The Morgan fingerprint density at radius 2 is 1.65 bits per heavy atom. The fraction of sp³-hybridized carbons (Fsp3) is 0.0667. The second kappa shape index (κ2) is 5.35. The Morgan fingerprint density at radius 3 is 2.15 bits per heavy atom. The molecular weight excluding hydrogens is 280 g/mol. The number of phenols is 1. The van der Waals surface area contributed by atoms with Gasteiger partial charge in [0, 0.05) is 11.1 Å². The summed E-state index contributed by atoms with van der Waals surface area (Å²) in [4.78, 5) is 22.3. The number of aromatic hydroxyl groups is 1. The van der Waals surface area contributed by atoms with Crippen LogP contribution in [0.5, 0.6) is 5.75 Å². The van der Waals surface area contributed by atoms with E-state index >= 15 is 0 Å². The molecule has 0 saturated carbocycles. The number of halogens is 1. The normalized spacial score (nSPS) is 10.3.